The third kappa shape index (κ3) is 6.83. The molecule has 12 rings (SSSR count). The Balaban J connectivity index is 0.000000112. The van der Waals surface area contributed by atoms with Crippen LogP contribution >= 0.6 is 0 Å². The Labute approximate surface area is 346 Å². The van der Waals surface area contributed by atoms with E-state index < -0.39 is 0 Å². The first-order valence-electron chi connectivity index (χ1n) is 18.8. The van der Waals surface area contributed by atoms with Crippen molar-refractivity contribution in [2.24, 2.45) is 0 Å². The van der Waals surface area contributed by atoms with Crippen LogP contribution in [-0.2, 0) is 20.1 Å². The molecule has 0 spiro atoms. The summed E-state index contributed by atoms with van der Waals surface area (Å²) >= 11 is 0. The number of pyridine rings is 3. The minimum atomic E-state index is 0. The number of aromatic nitrogens is 3. The summed E-state index contributed by atoms with van der Waals surface area (Å²) in [6.45, 7) is 0. The molecule has 0 bridgehead atoms. The molecule has 276 valence electrons. The third-order valence-electron chi connectivity index (χ3n) is 10.0. The van der Waals surface area contributed by atoms with E-state index in [4.69, 9.17) is 13.3 Å². The van der Waals surface area contributed by atoms with Gasteiger partial charge in [-0.25, -0.2) is 0 Å². The molecule has 0 aliphatic heterocycles. The maximum absolute atomic E-state index is 6.00. The van der Waals surface area contributed by atoms with Crippen molar-refractivity contribution in [3.63, 3.8) is 0 Å². The van der Waals surface area contributed by atoms with Crippen LogP contribution in [0.15, 0.2) is 214 Å². The van der Waals surface area contributed by atoms with E-state index in [-0.39, 0.29) is 20.1 Å². The molecule has 6 aromatic carbocycles. The van der Waals surface area contributed by atoms with Crippen molar-refractivity contribution in [1.29, 1.82) is 0 Å². The minimum absolute atomic E-state index is 0. The van der Waals surface area contributed by atoms with E-state index in [1.54, 1.807) is 18.6 Å². The topological polar surface area (TPSA) is 78.1 Å². The molecule has 0 atom stereocenters. The van der Waals surface area contributed by atoms with Crippen LogP contribution < -0.4 is 0 Å². The van der Waals surface area contributed by atoms with Gasteiger partial charge in [-0.2, -0.15) is 0 Å². The number of benzene rings is 6. The molecule has 0 radical (unpaired) electrons. The smallest absolute Gasteiger partial charge is 0.455 e. The van der Waals surface area contributed by atoms with E-state index >= 15 is 0 Å². The van der Waals surface area contributed by atoms with Crippen molar-refractivity contribution in [1.82, 2.24) is 15.0 Å². The van der Waals surface area contributed by atoms with E-state index in [1.165, 1.54) is 0 Å². The molecule has 0 N–H and O–H groups in total. The average molecular weight is 928 g/mol. The van der Waals surface area contributed by atoms with Gasteiger partial charge in [0.25, 0.3) is 0 Å². The zero-order valence-electron chi connectivity index (χ0n) is 31.0. The minimum Gasteiger partial charge on any atom is -0.455 e. The third-order valence-corrected chi connectivity index (χ3v) is 10.0. The van der Waals surface area contributed by atoms with Crippen molar-refractivity contribution in [2.75, 3.05) is 0 Å². The van der Waals surface area contributed by atoms with Crippen LogP contribution in [-0.4, -0.2) is 15.0 Å². The standard InChI is InChI=1S/3C17H11NO.Ir/c3*1-2-10-16-12(6-1)13-7-5-8-14(17(13)19-16)15-9-3-4-11-18-15;/h3*1-11H;/q;;;+3. The first kappa shape index (κ1) is 36.5. The zero-order chi connectivity index (χ0) is 38.0. The quantitative estimate of drug-likeness (QED) is 0.176. The first-order valence-corrected chi connectivity index (χ1v) is 18.8. The Hall–Kier alpha value is -7.18. The Morgan fingerprint density at radius 3 is 0.828 bits per heavy atom. The van der Waals surface area contributed by atoms with Crippen LogP contribution in [0.25, 0.3) is 99.6 Å². The molecule has 0 amide bonds. The van der Waals surface area contributed by atoms with Gasteiger partial charge in [-0.1, -0.05) is 109 Å². The maximum atomic E-state index is 6.00. The van der Waals surface area contributed by atoms with E-state index in [9.17, 15) is 0 Å². The van der Waals surface area contributed by atoms with E-state index in [1.807, 2.05) is 146 Å². The van der Waals surface area contributed by atoms with Crippen molar-refractivity contribution in [3.8, 4) is 33.8 Å². The molecule has 0 unspecified atom stereocenters. The monoisotopic (exact) mass is 928 g/mol. The molecule has 0 saturated carbocycles. The van der Waals surface area contributed by atoms with Crippen LogP contribution in [0, 0.1) is 0 Å². The summed E-state index contributed by atoms with van der Waals surface area (Å²) in [6, 6.07) is 60.6. The van der Waals surface area contributed by atoms with Crippen LogP contribution in [0.2, 0.25) is 0 Å². The molecular formula is C51H33IrN3O3+3. The van der Waals surface area contributed by atoms with Crippen molar-refractivity contribution >= 4 is 65.8 Å². The SMILES string of the molecule is [Ir+3].c1ccc(-c2cccc3c2oc2ccccc23)nc1.c1ccc(-c2cccc3c2oc2ccccc23)nc1.c1ccc(-c2cccc3c2oc2ccccc23)nc1. The van der Waals surface area contributed by atoms with Gasteiger partial charge in [-0.15, -0.1) is 0 Å². The van der Waals surface area contributed by atoms with Gasteiger partial charge < -0.3 is 13.3 Å². The van der Waals surface area contributed by atoms with Crippen LogP contribution in [0.3, 0.4) is 0 Å². The Bertz CT molecular complexity index is 2950. The molecule has 7 heteroatoms. The first-order chi connectivity index (χ1) is 28.3. The molecule has 0 aliphatic carbocycles. The van der Waals surface area contributed by atoms with Crippen LogP contribution in [0.1, 0.15) is 0 Å². The average Bonchev–Trinajstić information content (AvgIpc) is 3.99. The summed E-state index contributed by atoms with van der Waals surface area (Å²) in [5.41, 5.74) is 11.4. The van der Waals surface area contributed by atoms with Crippen LogP contribution in [0.4, 0.5) is 0 Å². The summed E-state index contributed by atoms with van der Waals surface area (Å²) in [7, 11) is 0. The summed E-state index contributed by atoms with van der Waals surface area (Å²) in [4.78, 5) is 13.2. The number of furan rings is 3. The number of rotatable bonds is 3. The fourth-order valence-corrected chi connectivity index (χ4v) is 7.41. The molecule has 0 fully saturated rings. The van der Waals surface area contributed by atoms with Gasteiger partial charge >= 0.3 is 20.1 Å². The van der Waals surface area contributed by atoms with Gasteiger partial charge in [0, 0.05) is 67.6 Å². The Morgan fingerprint density at radius 1 is 0.259 bits per heavy atom. The van der Waals surface area contributed by atoms with E-state index in [2.05, 4.69) is 51.4 Å². The van der Waals surface area contributed by atoms with Gasteiger partial charge in [-0.05, 0) is 72.8 Å². The number of hydrogen-bond donors (Lipinski definition) is 0. The zero-order valence-corrected chi connectivity index (χ0v) is 33.3. The summed E-state index contributed by atoms with van der Waals surface area (Å²) in [6.07, 6.45) is 5.41. The second-order valence-corrected chi connectivity index (χ2v) is 13.5. The molecular weight excluding hydrogens is 895 g/mol. The molecule has 6 nitrogen and oxygen atoms in total. The van der Waals surface area contributed by atoms with E-state index in [0.717, 1.165) is 99.6 Å². The van der Waals surface area contributed by atoms with Gasteiger partial charge in [0.2, 0.25) is 0 Å². The largest absolute Gasteiger partial charge is 3.00 e. The van der Waals surface area contributed by atoms with Crippen molar-refractivity contribution in [3.05, 3.63) is 201 Å². The van der Waals surface area contributed by atoms with E-state index in [0.29, 0.717) is 0 Å². The van der Waals surface area contributed by atoms with Crippen LogP contribution in [0.5, 0.6) is 0 Å². The predicted octanol–water partition coefficient (Wildman–Crippen LogP) is 13.9. The van der Waals surface area contributed by atoms with Gasteiger partial charge in [0.15, 0.2) is 0 Å². The normalized spacial score (nSPS) is 11.0. The number of para-hydroxylation sites is 6. The summed E-state index contributed by atoms with van der Waals surface area (Å²) in [5, 5.41) is 6.86. The molecule has 0 saturated heterocycles. The predicted molar refractivity (Wildman–Crippen MR) is 231 cm³/mol. The molecule has 0 aliphatic rings. The Morgan fingerprint density at radius 2 is 0.534 bits per heavy atom. The van der Waals surface area contributed by atoms with Gasteiger partial charge in [0.05, 0.1) is 17.1 Å². The van der Waals surface area contributed by atoms with Crippen molar-refractivity contribution < 1.29 is 33.4 Å². The fourth-order valence-electron chi connectivity index (χ4n) is 7.41. The van der Waals surface area contributed by atoms with Crippen molar-refractivity contribution in [2.45, 2.75) is 0 Å². The molecule has 58 heavy (non-hydrogen) atoms. The summed E-state index contributed by atoms with van der Waals surface area (Å²) in [5.74, 6) is 0. The van der Waals surface area contributed by atoms with Gasteiger partial charge in [0.1, 0.15) is 33.5 Å². The summed E-state index contributed by atoms with van der Waals surface area (Å²) < 4.78 is 18.0. The molecule has 6 aromatic heterocycles. The molecule has 12 aromatic rings. The Kier molecular flexibility index (Phi) is 10.1. The number of nitrogens with zero attached hydrogens (tertiary/aromatic N) is 3. The van der Waals surface area contributed by atoms with Gasteiger partial charge in [-0.3, -0.25) is 15.0 Å². The second-order valence-electron chi connectivity index (χ2n) is 13.5. The fraction of sp³-hybridized carbons (Fsp3) is 0. The molecule has 6 heterocycles. The number of fused-ring (bicyclic) bond motifs is 9. The number of hydrogen-bond acceptors (Lipinski definition) is 6. The second kappa shape index (κ2) is 16.1. The maximum Gasteiger partial charge on any atom is 3.00 e.